The summed E-state index contributed by atoms with van der Waals surface area (Å²) < 4.78 is 1.10. The minimum atomic E-state index is -0.200. The van der Waals surface area contributed by atoms with Crippen molar-refractivity contribution in [3.8, 4) is 0 Å². The molecule has 4 heteroatoms. The lowest BCUT2D eigenvalue weighted by molar-refractivity contribution is -0.905. The summed E-state index contributed by atoms with van der Waals surface area (Å²) in [5.74, 6) is 0.310. The van der Waals surface area contributed by atoms with Crippen LogP contribution in [-0.4, -0.2) is 15.8 Å². The first kappa shape index (κ1) is 19.4. The SMILES string of the molecule is CC(ON(C(c1ccc[n+](O)c1)C(C)C)C(C)(C)C)c1ccccc1. The first-order chi connectivity index (χ1) is 11.7. The van der Waals surface area contributed by atoms with E-state index in [9.17, 15) is 5.21 Å². The Bertz CT molecular complexity index is 665. The Hall–Kier alpha value is -1.91. The number of nitrogens with zero attached hydrogens (tertiary/aromatic N) is 2. The molecule has 0 bridgehead atoms. The molecule has 0 aliphatic carbocycles. The highest BCUT2D eigenvalue weighted by molar-refractivity contribution is 5.17. The number of aromatic nitrogens is 1. The second-order valence-electron chi connectivity index (χ2n) is 7.86. The molecule has 4 nitrogen and oxygen atoms in total. The molecule has 136 valence electrons. The Morgan fingerprint density at radius 2 is 1.56 bits per heavy atom. The van der Waals surface area contributed by atoms with Crippen LogP contribution < -0.4 is 4.73 Å². The molecule has 0 aliphatic heterocycles. The Balaban J connectivity index is 2.37. The molecule has 2 rings (SSSR count). The van der Waals surface area contributed by atoms with E-state index in [-0.39, 0.29) is 17.7 Å². The standard InChI is InChI=1S/C21H31N2O2/c1-16(2)20(19-13-10-14-22(24)15-19)23(21(4,5)6)25-17(3)18-11-8-7-9-12-18/h7-17,20,24H,1-6H3/q+1. The monoisotopic (exact) mass is 343 g/mol. The van der Waals surface area contributed by atoms with Gasteiger partial charge in [-0.1, -0.05) is 44.2 Å². The number of benzene rings is 1. The lowest BCUT2D eigenvalue weighted by Gasteiger charge is -2.43. The zero-order valence-electron chi connectivity index (χ0n) is 16.2. The maximum Gasteiger partial charge on any atom is 0.227 e. The molecule has 0 amide bonds. The van der Waals surface area contributed by atoms with Crippen LogP contribution in [0.4, 0.5) is 0 Å². The van der Waals surface area contributed by atoms with Gasteiger partial charge in [0, 0.05) is 21.9 Å². The van der Waals surface area contributed by atoms with Crippen LogP contribution in [0, 0.1) is 5.92 Å². The molecule has 2 unspecified atom stereocenters. The van der Waals surface area contributed by atoms with E-state index in [0.29, 0.717) is 5.92 Å². The maximum atomic E-state index is 9.85. The summed E-state index contributed by atoms with van der Waals surface area (Å²) in [5, 5.41) is 11.9. The van der Waals surface area contributed by atoms with Crippen molar-refractivity contribution in [1.82, 2.24) is 5.06 Å². The van der Waals surface area contributed by atoms with Crippen molar-refractivity contribution < 1.29 is 14.8 Å². The third-order valence-corrected chi connectivity index (χ3v) is 4.24. The minimum absolute atomic E-state index is 0.0192. The van der Waals surface area contributed by atoms with Crippen LogP contribution in [-0.2, 0) is 4.84 Å². The van der Waals surface area contributed by atoms with Gasteiger partial charge in [-0.05, 0) is 45.2 Å². The second kappa shape index (κ2) is 7.98. The topological polar surface area (TPSA) is 36.6 Å². The molecule has 0 spiro atoms. The zero-order valence-corrected chi connectivity index (χ0v) is 16.2. The average molecular weight is 343 g/mol. The Morgan fingerprint density at radius 1 is 0.960 bits per heavy atom. The maximum absolute atomic E-state index is 9.85. The molecule has 0 saturated carbocycles. The Kier molecular flexibility index (Phi) is 6.20. The lowest BCUT2D eigenvalue weighted by atomic mass is 9.93. The first-order valence-corrected chi connectivity index (χ1v) is 8.91. The summed E-state index contributed by atoms with van der Waals surface area (Å²) in [6.45, 7) is 12.9. The van der Waals surface area contributed by atoms with Crippen LogP contribution in [0.3, 0.4) is 0 Å². The number of rotatable bonds is 6. The van der Waals surface area contributed by atoms with Gasteiger partial charge in [-0.15, -0.1) is 0 Å². The first-order valence-electron chi connectivity index (χ1n) is 8.91. The fourth-order valence-corrected chi connectivity index (χ4v) is 3.04. The number of pyridine rings is 1. The van der Waals surface area contributed by atoms with Gasteiger partial charge in [0.25, 0.3) is 0 Å². The smallest absolute Gasteiger partial charge is 0.227 e. The molecule has 2 aromatic rings. The number of hydroxylamine groups is 2. The van der Waals surface area contributed by atoms with E-state index >= 15 is 0 Å². The largest absolute Gasteiger partial charge is 0.290 e. The molecular formula is C21H31N2O2+. The Morgan fingerprint density at radius 3 is 2.08 bits per heavy atom. The molecule has 1 aromatic heterocycles. The van der Waals surface area contributed by atoms with Gasteiger partial charge in [0.2, 0.25) is 12.4 Å². The molecule has 25 heavy (non-hydrogen) atoms. The van der Waals surface area contributed by atoms with Crippen molar-refractivity contribution in [1.29, 1.82) is 0 Å². The van der Waals surface area contributed by atoms with Gasteiger partial charge < -0.3 is 0 Å². The van der Waals surface area contributed by atoms with Gasteiger partial charge in [-0.2, -0.15) is 5.06 Å². The summed E-state index contributed by atoms with van der Waals surface area (Å²) in [4.78, 5) is 6.46. The third-order valence-electron chi connectivity index (χ3n) is 4.24. The van der Waals surface area contributed by atoms with Crippen LogP contribution in [0.2, 0.25) is 0 Å². The zero-order chi connectivity index (χ0) is 18.6. The molecule has 0 saturated heterocycles. The van der Waals surface area contributed by atoms with Crippen LogP contribution in [0.25, 0.3) is 0 Å². The van der Waals surface area contributed by atoms with Crippen LogP contribution in [0.15, 0.2) is 54.9 Å². The van der Waals surface area contributed by atoms with Crippen molar-refractivity contribution in [2.75, 3.05) is 0 Å². The highest BCUT2D eigenvalue weighted by Crippen LogP contribution is 2.36. The molecule has 0 fully saturated rings. The summed E-state index contributed by atoms with van der Waals surface area (Å²) in [5.41, 5.74) is 1.97. The van der Waals surface area contributed by atoms with E-state index in [2.05, 4.69) is 58.7 Å². The van der Waals surface area contributed by atoms with Crippen molar-refractivity contribution in [2.24, 2.45) is 5.92 Å². The molecule has 0 aliphatic rings. The van der Waals surface area contributed by atoms with Crippen molar-refractivity contribution >= 4 is 0 Å². The van der Waals surface area contributed by atoms with Gasteiger partial charge >= 0.3 is 0 Å². The fourth-order valence-electron chi connectivity index (χ4n) is 3.04. The summed E-state index contributed by atoms with van der Waals surface area (Å²) in [6.07, 6.45) is 3.31. The quantitative estimate of drug-likeness (QED) is 0.469. The molecular weight excluding hydrogens is 312 g/mol. The second-order valence-corrected chi connectivity index (χ2v) is 7.86. The van der Waals surface area contributed by atoms with Gasteiger partial charge in [0.1, 0.15) is 6.10 Å². The van der Waals surface area contributed by atoms with Crippen molar-refractivity contribution in [2.45, 2.75) is 59.2 Å². The highest BCUT2D eigenvalue weighted by Gasteiger charge is 2.36. The average Bonchev–Trinajstić information content (AvgIpc) is 2.54. The van der Waals surface area contributed by atoms with Crippen LogP contribution in [0.5, 0.6) is 0 Å². The number of hydrogen-bond acceptors (Lipinski definition) is 3. The predicted octanol–water partition coefficient (Wildman–Crippen LogP) is 4.70. The van der Waals surface area contributed by atoms with E-state index in [1.807, 2.05) is 30.3 Å². The highest BCUT2D eigenvalue weighted by atomic mass is 16.7. The predicted molar refractivity (Wildman–Crippen MR) is 98.9 cm³/mol. The molecule has 1 heterocycles. The summed E-state index contributed by atoms with van der Waals surface area (Å²) in [7, 11) is 0. The van der Waals surface area contributed by atoms with E-state index < -0.39 is 0 Å². The van der Waals surface area contributed by atoms with E-state index in [1.54, 1.807) is 12.4 Å². The van der Waals surface area contributed by atoms with Crippen LogP contribution in [0.1, 0.15) is 64.8 Å². The molecule has 2 atom stereocenters. The molecule has 1 N–H and O–H groups in total. The van der Waals surface area contributed by atoms with Gasteiger partial charge in [0.05, 0.1) is 6.04 Å². The summed E-state index contributed by atoms with van der Waals surface area (Å²) in [6, 6.07) is 14.1. The molecule has 1 aromatic carbocycles. The van der Waals surface area contributed by atoms with Gasteiger partial charge in [0.15, 0.2) is 0 Å². The third kappa shape index (κ3) is 5.03. The van der Waals surface area contributed by atoms with Gasteiger partial charge in [-0.3, -0.25) is 10.0 Å². The van der Waals surface area contributed by atoms with E-state index in [1.165, 1.54) is 0 Å². The van der Waals surface area contributed by atoms with Crippen molar-refractivity contribution in [3.05, 3.63) is 66.0 Å². The van der Waals surface area contributed by atoms with E-state index in [4.69, 9.17) is 4.84 Å². The fraction of sp³-hybridized carbons (Fsp3) is 0.476. The van der Waals surface area contributed by atoms with Crippen LogP contribution >= 0.6 is 0 Å². The minimum Gasteiger partial charge on any atom is -0.290 e. The van der Waals surface area contributed by atoms with Gasteiger partial charge in [-0.25, -0.2) is 0 Å². The van der Waals surface area contributed by atoms with E-state index in [0.717, 1.165) is 15.9 Å². The van der Waals surface area contributed by atoms with Crippen molar-refractivity contribution in [3.63, 3.8) is 0 Å². The normalized spacial score (nSPS) is 14.7. The summed E-state index contributed by atoms with van der Waals surface area (Å²) >= 11 is 0. The molecule has 0 radical (unpaired) electrons. The Labute approximate surface area is 151 Å². The number of hydrogen-bond donors (Lipinski definition) is 1. The lowest BCUT2D eigenvalue weighted by Crippen LogP contribution is -2.46.